The Labute approximate surface area is 98.8 Å². The zero-order valence-corrected chi connectivity index (χ0v) is 10.9. The first kappa shape index (κ1) is 13.2. The second-order valence-electron chi connectivity index (χ2n) is 4.38. The van der Waals surface area contributed by atoms with Crippen molar-refractivity contribution >= 4 is 0 Å². The topological polar surface area (TPSA) is 27.1 Å². The molecule has 1 rings (SSSR count). The molecule has 0 aliphatic heterocycles. The standard InChI is InChI=1S/C13H24N2O/c1-5-7-8-13(16-4)12-9-14-15(10-12)11(3)6-2/h9-11,13H,5-8H2,1-4H3/t11?,13-/m1/s1. The van der Waals surface area contributed by atoms with E-state index >= 15 is 0 Å². The second kappa shape index (κ2) is 6.69. The molecule has 1 heterocycles. The van der Waals surface area contributed by atoms with E-state index < -0.39 is 0 Å². The summed E-state index contributed by atoms with van der Waals surface area (Å²) in [5.74, 6) is 0. The van der Waals surface area contributed by atoms with Gasteiger partial charge in [0.1, 0.15) is 0 Å². The molecule has 0 bridgehead atoms. The van der Waals surface area contributed by atoms with Gasteiger partial charge in [-0.3, -0.25) is 4.68 Å². The van der Waals surface area contributed by atoms with E-state index in [9.17, 15) is 0 Å². The Kier molecular flexibility index (Phi) is 5.53. The normalized spacial score (nSPS) is 15.0. The minimum atomic E-state index is 0.206. The molecule has 0 saturated carbocycles. The smallest absolute Gasteiger partial charge is 0.0851 e. The summed E-state index contributed by atoms with van der Waals surface area (Å²) in [5.41, 5.74) is 1.20. The summed E-state index contributed by atoms with van der Waals surface area (Å²) in [7, 11) is 1.78. The van der Waals surface area contributed by atoms with Crippen molar-refractivity contribution in [1.82, 2.24) is 9.78 Å². The highest BCUT2D eigenvalue weighted by Gasteiger charge is 2.13. The Hall–Kier alpha value is -0.830. The third-order valence-corrected chi connectivity index (χ3v) is 3.14. The number of hydrogen-bond donors (Lipinski definition) is 0. The van der Waals surface area contributed by atoms with E-state index in [0.717, 1.165) is 12.8 Å². The first-order valence-corrected chi connectivity index (χ1v) is 6.29. The van der Waals surface area contributed by atoms with Crippen LogP contribution in [-0.4, -0.2) is 16.9 Å². The van der Waals surface area contributed by atoms with Gasteiger partial charge in [-0.05, 0) is 19.8 Å². The van der Waals surface area contributed by atoms with Crippen molar-refractivity contribution in [2.45, 2.75) is 58.6 Å². The van der Waals surface area contributed by atoms with Crippen molar-refractivity contribution in [1.29, 1.82) is 0 Å². The van der Waals surface area contributed by atoms with Gasteiger partial charge in [-0.15, -0.1) is 0 Å². The third kappa shape index (κ3) is 3.34. The van der Waals surface area contributed by atoms with Gasteiger partial charge < -0.3 is 4.74 Å². The lowest BCUT2D eigenvalue weighted by Gasteiger charge is -2.13. The first-order valence-electron chi connectivity index (χ1n) is 6.29. The van der Waals surface area contributed by atoms with Crippen molar-refractivity contribution in [3.63, 3.8) is 0 Å². The molecule has 92 valence electrons. The van der Waals surface area contributed by atoms with E-state index in [2.05, 4.69) is 32.1 Å². The van der Waals surface area contributed by atoms with Crippen molar-refractivity contribution in [2.24, 2.45) is 0 Å². The number of aromatic nitrogens is 2. The van der Waals surface area contributed by atoms with E-state index in [0.29, 0.717) is 6.04 Å². The molecule has 1 unspecified atom stereocenters. The predicted molar refractivity (Wildman–Crippen MR) is 66.5 cm³/mol. The number of ether oxygens (including phenoxy) is 1. The Bertz CT molecular complexity index is 296. The SMILES string of the molecule is CCCC[C@@H](OC)c1cnn(C(C)CC)c1. The van der Waals surface area contributed by atoms with Crippen LogP contribution in [0.3, 0.4) is 0 Å². The van der Waals surface area contributed by atoms with E-state index in [4.69, 9.17) is 4.74 Å². The summed E-state index contributed by atoms with van der Waals surface area (Å²) in [4.78, 5) is 0. The number of rotatable bonds is 7. The molecule has 0 aliphatic carbocycles. The molecule has 3 nitrogen and oxygen atoms in total. The molecule has 2 atom stereocenters. The molecule has 0 aromatic carbocycles. The average Bonchev–Trinajstić information content (AvgIpc) is 2.78. The number of methoxy groups -OCH3 is 1. The van der Waals surface area contributed by atoms with Crippen LogP contribution < -0.4 is 0 Å². The van der Waals surface area contributed by atoms with Gasteiger partial charge in [-0.25, -0.2) is 0 Å². The maximum atomic E-state index is 5.51. The minimum absolute atomic E-state index is 0.206. The summed E-state index contributed by atoms with van der Waals surface area (Å²) >= 11 is 0. The molecular formula is C13H24N2O. The van der Waals surface area contributed by atoms with Gasteiger partial charge >= 0.3 is 0 Å². The molecular weight excluding hydrogens is 200 g/mol. The molecule has 0 spiro atoms. The second-order valence-corrected chi connectivity index (χ2v) is 4.38. The fourth-order valence-corrected chi connectivity index (χ4v) is 1.76. The number of unbranched alkanes of at least 4 members (excludes halogenated alkanes) is 1. The summed E-state index contributed by atoms with van der Waals surface area (Å²) in [6.45, 7) is 6.57. The molecule has 3 heteroatoms. The van der Waals surface area contributed by atoms with Crippen LogP contribution in [0.2, 0.25) is 0 Å². The molecule has 0 fully saturated rings. The first-order chi connectivity index (χ1) is 7.72. The van der Waals surface area contributed by atoms with Crippen LogP contribution in [-0.2, 0) is 4.74 Å². The van der Waals surface area contributed by atoms with Crippen LogP contribution in [0.15, 0.2) is 12.4 Å². The number of hydrogen-bond acceptors (Lipinski definition) is 2. The Balaban J connectivity index is 2.66. The molecule has 1 aromatic heterocycles. The van der Waals surface area contributed by atoms with Gasteiger partial charge in [0.25, 0.3) is 0 Å². The maximum Gasteiger partial charge on any atom is 0.0851 e. The van der Waals surface area contributed by atoms with Crippen LogP contribution in [0.1, 0.15) is 64.2 Å². The zero-order valence-electron chi connectivity index (χ0n) is 10.9. The minimum Gasteiger partial charge on any atom is -0.377 e. The largest absolute Gasteiger partial charge is 0.377 e. The van der Waals surface area contributed by atoms with Gasteiger partial charge in [0.15, 0.2) is 0 Å². The van der Waals surface area contributed by atoms with E-state index in [-0.39, 0.29) is 6.10 Å². The van der Waals surface area contributed by atoms with Crippen molar-refractivity contribution in [2.75, 3.05) is 7.11 Å². The lowest BCUT2D eigenvalue weighted by Crippen LogP contribution is -2.04. The monoisotopic (exact) mass is 224 g/mol. The van der Waals surface area contributed by atoms with Crippen LogP contribution >= 0.6 is 0 Å². The maximum absolute atomic E-state index is 5.51. The third-order valence-electron chi connectivity index (χ3n) is 3.14. The summed E-state index contributed by atoms with van der Waals surface area (Å²) in [6.07, 6.45) is 8.87. The quantitative estimate of drug-likeness (QED) is 0.705. The summed E-state index contributed by atoms with van der Waals surface area (Å²) < 4.78 is 7.55. The average molecular weight is 224 g/mol. The Morgan fingerprint density at radius 1 is 1.44 bits per heavy atom. The lowest BCUT2D eigenvalue weighted by molar-refractivity contribution is 0.0935. The summed E-state index contributed by atoms with van der Waals surface area (Å²) in [5, 5.41) is 4.40. The van der Waals surface area contributed by atoms with Gasteiger partial charge in [0.05, 0.1) is 12.3 Å². The predicted octanol–water partition coefficient (Wildman–Crippen LogP) is 3.73. The molecule has 1 aromatic rings. The van der Waals surface area contributed by atoms with Crippen molar-refractivity contribution < 1.29 is 4.74 Å². The van der Waals surface area contributed by atoms with Gasteiger partial charge in [-0.2, -0.15) is 5.10 Å². The number of nitrogens with zero attached hydrogens (tertiary/aromatic N) is 2. The van der Waals surface area contributed by atoms with Gasteiger partial charge in [-0.1, -0.05) is 26.7 Å². The van der Waals surface area contributed by atoms with Crippen LogP contribution in [0.25, 0.3) is 0 Å². The molecule has 16 heavy (non-hydrogen) atoms. The molecule has 0 N–H and O–H groups in total. The fraction of sp³-hybridized carbons (Fsp3) is 0.769. The zero-order chi connectivity index (χ0) is 12.0. The Morgan fingerprint density at radius 2 is 2.19 bits per heavy atom. The summed E-state index contributed by atoms with van der Waals surface area (Å²) in [6, 6.07) is 0.470. The highest BCUT2D eigenvalue weighted by atomic mass is 16.5. The van der Waals surface area contributed by atoms with Gasteiger partial charge in [0, 0.05) is 24.9 Å². The Morgan fingerprint density at radius 3 is 2.75 bits per heavy atom. The van der Waals surface area contributed by atoms with E-state index in [1.807, 2.05) is 10.9 Å². The fourth-order valence-electron chi connectivity index (χ4n) is 1.76. The highest BCUT2D eigenvalue weighted by molar-refractivity contribution is 5.08. The van der Waals surface area contributed by atoms with E-state index in [1.165, 1.54) is 18.4 Å². The van der Waals surface area contributed by atoms with Crippen LogP contribution in [0, 0.1) is 0 Å². The highest BCUT2D eigenvalue weighted by Crippen LogP contribution is 2.23. The molecule has 0 saturated heterocycles. The molecule has 0 amide bonds. The van der Waals surface area contributed by atoms with Gasteiger partial charge in [0.2, 0.25) is 0 Å². The molecule has 0 aliphatic rings. The van der Waals surface area contributed by atoms with Crippen LogP contribution in [0.4, 0.5) is 0 Å². The van der Waals surface area contributed by atoms with Crippen molar-refractivity contribution in [3.05, 3.63) is 18.0 Å². The lowest BCUT2D eigenvalue weighted by atomic mass is 10.1. The molecule has 0 radical (unpaired) electrons. The van der Waals surface area contributed by atoms with Crippen LogP contribution in [0.5, 0.6) is 0 Å². The van der Waals surface area contributed by atoms with E-state index in [1.54, 1.807) is 7.11 Å². The van der Waals surface area contributed by atoms with Crippen molar-refractivity contribution in [3.8, 4) is 0 Å².